The lowest BCUT2D eigenvalue weighted by Crippen LogP contribution is -2.48. The molecule has 0 aliphatic carbocycles. The van der Waals surface area contributed by atoms with Gasteiger partial charge in [0.2, 0.25) is 5.67 Å². The largest absolute Gasteiger partial charge is 0.479 e. The van der Waals surface area contributed by atoms with E-state index in [1.807, 2.05) is 30.3 Å². The summed E-state index contributed by atoms with van der Waals surface area (Å²) in [5.74, 6) is -1.46. The van der Waals surface area contributed by atoms with Crippen molar-refractivity contribution in [3.05, 3.63) is 35.9 Å². The van der Waals surface area contributed by atoms with Crippen LogP contribution >= 0.6 is 0 Å². The fourth-order valence-corrected chi connectivity index (χ4v) is 2.07. The maximum Gasteiger partial charge on any atom is 0.410 e. The number of rotatable bonds is 3. The standard InChI is InChI=1S/C14H16FNO4/c15-14(12(17)18)6-8-16(9-7-14)13(19)20-10-11-4-2-1-3-5-11/h1-5H,6-10H2,(H,17,18). The molecule has 1 aliphatic rings. The van der Waals surface area contributed by atoms with E-state index < -0.39 is 17.7 Å². The number of alkyl halides is 1. The van der Waals surface area contributed by atoms with Crippen LogP contribution in [0.5, 0.6) is 0 Å². The van der Waals surface area contributed by atoms with E-state index in [1.165, 1.54) is 4.90 Å². The molecule has 108 valence electrons. The van der Waals surface area contributed by atoms with Crippen molar-refractivity contribution in [1.29, 1.82) is 0 Å². The van der Waals surface area contributed by atoms with Crippen molar-refractivity contribution < 1.29 is 23.8 Å². The van der Waals surface area contributed by atoms with Gasteiger partial charge in [0.15, 0.2) is 0 Å². The van der Waals surface area contributed by atoms with Crippen molar-refractivity contribution >= 4 is 12.1 Å². The maximum atomic E-state index is 13.8. The summed E-state index contributed by atoms with van der Waals surface area (Å²) in [6.07, 6.45) is -0.952. The van der Waals surface area contributed by atoms with E-state index >= 15 is 0 Å². The molecule has 20 heavy (non-hydrogen) atoms. The van der Waals surface area contributed by atoms with Crippen molar-refractivity contribution in [3.8, 4) is 0 Å². The predicted molar refractivity (Wildman–Crippen MR) is 68.9 cm³/mol. The Morgan fingerprint density at radius 1 is 1.25 bits per heavy atom. The van der Waals surface area contributed by atoms with Gasteiger partial charge >= 0.3 is 12.1 Å². The average molecular weight is 281 g/mol. The molecule has 0 aromatic heterocycles. The van der Waals surface area contributed by atoms with Gasteiger partial charge < -0.3 is 14.7 Å². The van der Waals surface area contributed by atoms with Gasteiger partial charge in [-0.05, 0) is 5.56 Å². The van der Waals surface area contributed by atoms with Crippen LogP contribution in [0.2, 0.25) is 0 Å². The lowest BCUT2D eigenvalue weighted by molar-refractivity contribution is -0.154. The van der Waals surface area contributed by atoms with Crippen LogP contribution in [-0.2, 0) is 16.1 Å². The topological polar surface area (TPSA) is 66.8 Å². The second kappa shape index (κ2) is 5.90. The SMILES string of the molecule is O=C(OCc1ccccc1)N1CCC(F)(C(=O)O)CC1. The van der Waals surface area contributed by atoms with Gasteiger partial charge in [0, 0.05) is 25.9 Å². The molecule has 0 spiro atoms. The molecular weight excluding hydrogens is 265 g/mol. The number of carbonyl (C=O) groups excluding carboxylic acids is 1. The summed E-state index contributed by atoms with van der Waals surface area (Å²) in [5, 5.41) is 8.76. The molecular formula is C14H16FNO4. The highest BCUT2D eigenvalue weighted by Crippen LogP contribution is 2.27. The van der Waals surface area contributed by atoms with Crippen molar-refractivity contribution in [2.24, 2.45) is 0 Å². The van der Waals surface area contributed by atoms with Gasteiger partial charge in [0.05, 0.1) is 0 Å². The molecule has 1 heterocycles. The summed E-state index contributed by atoms with van der Waals surface area (Å²) in [6.45, 7) is 0.253. The Hall–Kier alpha value is -2.11. The molecule has 0 unspecified atom stereocenters. The number of benzene rings is 1. The highest BCUT2D eigenvalue weighted by Gasteiger charge is 2.43. The third kappa shape index (κ3) is 3.26. The normalized spacial score (nSPS) is 17.6. The molecule has 1 saturated heterocycles. The first-order valence-corrected chi connectivity index (χ1v) is 6.39. The number of hydrogen-bond donors (Lipinski definition) is 1. The Bertz CT molecular complexity index is 483. The molecule has 2 rings (SSSR count). The average Bonchev–Trinajstić information content (AvgIpc) is 2.46. The zero-order valence-electron chi connectivity index (χ0n) is 10.9. The summed E-state index contributed by atoms with van der Waals surface area (Å²) in [5.41, 5.74) is -1.36. The monoisotopic (exact) mass is 281 g/mol. The molecule has 1 aliphatic heterocycles. The fourth-order valence-electron chi connectivity index (χ4n) is 2.07. The van der Waals surface area contributed by atoms with Crippen LogP contribution in [0.3, 0.4) is 0 Å². The summed E-state index contributed by atoms with van der Waals surface area (Å²) < 4.78 is 18.9. The number of carbonyl (C=O) groups is 2. The summed E-state index contributed by atoms with van der Waals surface area (Å²) in [7, 11) is 0. The van der Waals surface area contributed by atoms with Crippen LogP contribution in [0.15, 0.2) is 30.3 Å². The van der Waals surface area contributed by atoms with Crippen molar-refractivity contribution in [2.75, 3.05) is 13.1 Å². The summed E-state index contributed by atoms with van der Waals surface area (Å²) in [4.78, 5) is 23.9. The zero-order chi connectivity index (χ0) is 14.6. The van der Waals surface area contributed by atoms with Crippen molar-refractivity contribution in [2.45, 2.75) is 25.1 Å². The van der Waals surface area contributed by atoms with Gasteiger partial charge in [-0.1, -0.05) is 30.3 Å². The number of piperidine rings is 1. The first-order chi connectivity index (χ1) is 9.51. The zero-order valence-corrected chi connectivity index (χ0v) is 10.9. The minimum Gasteiger partial charge on any atom is -0.479 e. The van der Waals surface area contributed by atoms with Gasteiger partial charge in [-0.15, -0.1) is 0 Å². The summed E-state index contributed by atoms with van der Waals surface area (Å²) in [6, 6.07) is 9.21. The van der Waals surface area contributed by atoms with Gasteiger partial charge in [-0.25, -0.2) is 14.0 Å². The third-order valence-electron chi connectivity index (χ3n) is 3.40. The van der Waals surface area contributed by atoms with Crippen molar-refractivity contribution in [1.82, 2.24) is 4.90 Å². The maximum absolute atomic E-state index is 13.8. The van der Waals surface area contributed by atoms with E-state index in [0.717, 1.165) is 5.56 Å². The quantitative estimate of drug-likeness (QED) is 0.922. The van der Waals surface area contributed by atoms with Crippen LogP contribution in [0.4, 0.5) is 9.18 Å². The van der Waals surface area contributed by atoms with Crippen LogP contribution in [-0.4, -0.2) is 40.8 Å². The molecule has 0 bridgehead atoms. The molecule has 5 nitrogen and oxygen atoms in total. The molecule has 6 heteroatoms. The molecule has 1 fully saturated rings. The Labute approximate surface area is 116 Å². The molecule has 1 amide bonds. The molecule has 0 atom stereocenters. The molecule has 1 aromatic carbocycles. The number of ether oxygens (including phenoxy) is 1. The van der Waals surface area contributed by atoms with E-state index in [-0.39, 0.29) is 32.5 Å². The van der Waals surface area contributed by atoms with Crippen LogP contribution in [0, 0.1) is 0 Å². The predicted octanol–water partition coefficient (Wildman–Crippen LogP) is 2.21. The van der Waals surface area contributed by atoms with E-state index in [1.54, 1.807) is 0 Å². The first kappa shape index (κ1) is 14.3. The lowest BCUT2D eigenvalue weighted by Gasteiger charge is -2.33. The third-order valence-corrected chi connectivity index (χ3v) is 3.40. The van der Waals surface area contributed by atoms with E-state index in [0.29, 0.717) is 0 Å². The molecule has 0 radical (unpaired) electrons. The Morgan fingerprint density at radius 2 is 1.85 bits per heavy atom. The number of hydrogen-bond acceptors (Lipinski definition) is 3. The summed E-state index contributed by atoms with van der Waals surface area (Å²) >= 11 is 0. The smallest absolute Gasteiger partial charge is 0.410 e. The minimum atomic E-state index is -2.23. The van der Waals surface area contributed by atoms with E-state index in [4.69, 9.17) is 9.84 Å². The molecule has 1 N–H and O–H groups in total. The van der Waals surface area contributed by atoms with Gasteiger partial charge in [-0.2, -0.15) is 0 Å². The fraction of sp³-hybridized carbons (Fsp3) is 0.429. The molecule has 1 aromatic rings. The second-order valence-corrected chi connectivity index (χ2v) is 4.80. The van der Waals surface area contributed by atoms with Crippen LogP contribution in [0.1, 0.15) is 18.4 Å². The number of nitrogens with zero attached hydrogens (tertiary/aromatic N) is 1. The first-order valence-electron chi connectivity index (χ1n) is 6.39. The highest BCUT2D eigenvalue weighted by atomic mass is 19.1. The minimum absolute atomic E-state index is 0.0520. The van der Waals surface area contributed by atoms with Crippen LogP contribution in [0.25, 0.3) is 0 Å². The van der Waals surface area contributed by atoms with Gasteiger partial charge in [0.25, 0.3) is 0 Å². The number of aliphatic carboxylic acids is 1. The van der Waals surface area contributed by atoms with Gasteiger partial charge in [0.1, 0.15) is 6.61 Å². The number of halogens is 1. The van der Waals surface area contributed by atoms with Crippen molar-refractivity contribution in [3.63, 3.8) is 0 Å². The van der Waals surface area contributed by atoms with Crippen LogP contribution < -0.4 is 0 Å². The molecule has 0 saturated carbocycles. The Balaban J connectivity index is 1.82. The lowest BCUT2D eigenvalue weighted by atomic mass is 9.94. The number of likely N-dealkylation sites (tertiary alicyclic amines) is 1. The van der Waals surface area contributed by atoms with Gasteiger partial charge in [-0.3, -0.25) is 0 Å². The van der Waals surface area contributed by atoms with E-state index in [2.05, 4.69) is 0 Å². The van der Waals surface area contributed by atoms with E-state index in [9.17, 15) is 14.0 Å². The Morgan fingerprint density at radius 3 is 2.40 bits per heavy atom. The highest BCUT2D eigenvalue weighted by molar-refractivity contribution is 5.78. The number of amides is 1. The number of carboxylic acids is 1. The number of carboxylic acid groups (broad SMARTS) is 1. The second-order valence-electron chi connectivity index (χ2n) is 4.80. The Kier molecular flexibility index (Phi) is 4.22.